The quantitative estimate of drug-likeness (QED) is 0.605. The minimum atomic E-state index is 0.522. The Hall–Kier alpha value is -1.56. The van der Waals surface area contributed by atoms with Crippen LogP contribution in [-0.4, -0.2) is 52.6 Å². The smallest absolute Gasteiger partial charge is 0.191 e. The van der Waals surface area contributed by atoms with Gasteiger partial charge in [0.1, 0.15) is 5.82 Å². The summed E-state index contributed by atoms with van der Waals surface area (Å²) in [6, 6.07) is 1.38. The summed E-state index contributed by atoms with van der Waals surface area (Å²) < 4.78 is 2.23. The van der Waals surface area contributed by atoms with Crippen molar-refractivity contribution in [2.45, 2.75) is 77.5 Å². The van der Waals surface area contributed by atoms with Crippen molar-refractivity contribution in [1.82, 2.24) is 25.1 Å². The Morgan fingerprint density at radius 1 is 1.23 bits per heavy atom. The maximum Gasteiger partial charge on any atom is 0.191 e. The van der Waals surface area contributed by atoms with Crippen LogP contribution in [0.1, 0.15) is 58.2 Å². The van der Waals surface area contributed by atoms with Gasteiger partial charge in [-0.1, -0.05) is 26.7 Å². The Labute approximate surface area is 158 Å². The topological polar surface area (TPSA) is 57.5 Å². The number of guanidine groups is 1. The molecule has 1 aromatic rings. The fourth-order valence-corrected chi connectivity index (χ4v) is 4.30. The van der Waals surface area contributed by atoms with E-state index in [0.717, 1.165) is 24.4 Å². The molecule has 0 spiro atoms. The molecule has 1 aromatic heterocycles. The van der Waals surface area contributed by atoms with E-state index in [2.05, 4.69) is 50.1 Å². The number of imidazole rings is 1. The van der Waals surface area contributed by atoms with Crippen molar-refractivity contribution in [3.8, 4) is 0 Å². The molecule has 0 aromatic carbocycles. The lowest BCUT2D eigenvalue weighted by Gasteiger charge is -2.36. The molecule has 0 atom stereocenters. The summed E-state index contributed by atoms with van der Waals surface area (Å²) in [5.41, 5.74) is 0. The largest absolute Gasteiger partial charge is 0.354 e. The molecule has 2 N–H and O–H groups in total. The first-order valence-corrected chi connectivity index (χ1v) is 10.4. The number of nitrogens with one attached hydrogen (secondary N) is 2. The van der Waals surface area contributed by atoms with Gasteiger partial charge >= 0.3 is 0 Å². The Morgan fingerprint density at radius 2 is 1.96 bits per heavy atom. The van der Waals surface area contributed by atoms with Gasteiger partial charge in [-0.3, -0.25) is 4.99 Å². The number of aliphatic imine (C=N–C) groups is 1. The number of rotatable bonds is 6. The normalized spacial score (nSPS) is 20.8. The summed E-state index contributed by atoms with van der Waals surface area (Å²) in [7, 11) is 1.85. The molecule has 0 amide bonds. The van der Waals surface area contributed by atoms with E-state index in [0.29, 0.717) is 18.5 Å². The highest BCUT2D eigenvalue weighted by Crippen LogP contribution is 2.26. The summed E-state index contributed by atoms with van der Waals surface area (Å²) in [5, 5.41) is 7.06. The van der Waals surface area contributed by atoms with Crippen molar-refractivity contribution in [2.75, 3.05) is 20.1 Å². The summed E-state index contributed by atoms with van der Waals surface area (Å²) in [4.78, 5) is 11.6. The first-order valence-electron chi connectivity index (χ1n) is 10.4. The highest BCUT2D eigenvalue weighted by molar-refractivity contribution is 5.79. The van der Waals surface area contributed by atoms with Gasteiger partial charge in [0.15, 0.2) is 5.96 Å². The maximum atomic E-state index is 4.49. The lowest BCUT2D eigenvalue weighted by atomic mass is 10.0. The van der Waals surface area contributed by atoms with E-state index < -0.39 is 0 Å². The van der Waals surface area contributed by atoms with Crippen LogP contribution in [0.2, 0.25) is 0 Å². The highest BCUT2D eigenvalue weighted by atomic mass is 15.2. The van der Waals surface area contributed by atoms with Crippen molar-refractivity contribution in [3.05, 3.63) is 18.2 Å². The predicted octanol–water partition coefficient (Wildman–Crippen LogP) is 2.61. The molecular formula is C20H36N6. The van der Waals surface area contributed by atoms with Crippen molar-refractivity contribution in [1.29, 1.82) is 0 Å². The molecule has 6 heteroatoms. The molecule has 26 heavy (non-hydrogen) atoms. The van der Waals surface area contributed by atoms with Crippen LogP contribution in [0.15, 0.2) is 17.4 Å². The number of hydrogen-bond donors (Lipinski definition) is 2. The summed E-state index contributed by atoms with van der Waals surface area (Å²) in [5.74, 6) is 2.58. The lowest BCUT2D eigenvalue weighted by Crippen LogP contribution is -2.50. The van der Waals surface area contributed by atoms with E-state index in [4.69, 9.17) is 0 Å². The molecule has 1 aliphatic heterocycles. The highest BCUT2D eigenvalue weighted by Gasteiger charge is 2.27. The summed E-state index contributed by atoms with van der Waals surface area (Å²) >= 11 is 0. The molecule has 2 aliphatic rings. The average molecular weight is 361 g/mol. The summed E-state index contributed by atoms with van der Waals surface area (Å²) in [6.45, 7) is 8.62. The monoisotopic (exact) mass is 360 g/mol. The van der Waals surface area contributed by atoms with Crippen molar-refractivity contribution in [3.63, 3.8) is 0 Å². The van der Waals surface area contributed by atoms with Gasteiger partial charge in [0, 0.05) is 51.2 Å². The van der Waals surface area contributed by atoms with Gasteiger partial charge in [0.05, 0.1) is 6.54 Å². The van der Waals surface area contributed by atoms with Gasteiger partial charge in [0.25, 0.3) is 0 Å². The van der Waals surface area contributed by atoms with E-state index in [1.807, 2.05) is 13.2 Å². The maximum absolute atomic E-state index is 4.49. The number of nitrogens with zero attached hydrogens (tertiary/aromatic N) is 4. The second-order valence-electron chi connectivity index (χ2n) is 8.21. The zero-order valence-electron chi connectivity index (χ0n) is 16.7. The van der Waals surface area contributed by atoms with Gasteiger partial charge in [-0.15, -0.1) is 0 Å². The minimum absolute atomic E-state index is 0.522. The van der Waals surface area contributed by atoms with Crippen molar-refractivity contribution in [2.24, 2.45) is 10.9 Å². The number of aromatic nitrogens is 2. The van der Waals surface area contributed by atoms with Gasteiger partial charge in [-0.2, -0.15) is 0 Å². The molecule has 0 radical (unpaired) electrons. The molecule has 0 unspecified atom stereocenters. The fraction of sp³-hybridized carbons (Fsp3) is 0.800. The Morgan fingerprint density at radius 3 is 2.62 bits per heavy atom. The first kappa shape index (κ1) is 19.2. The van der Waals surface area contributed by atoms with Gasteiger partial charge in [0.2, 0.25) is 0 Å². The number of piperidine rings is 1. The molecule has 6 nitrogen and oxygen atoms in total. The first-order chi connectivity index (χ1) is 12.7. The number of likely N-dealkylation sites (tertiary alicyclic amines) is 1. The van der Waals surface area contributed by atoms with E-state index in [1.165, 1.54) is 51.6 Å². The average Bonchev–Trinajstić information content (AvgIpc) is 3.31. The Bertz CT molecular complexity index is 565. The predicted molar refractivity (Wildman–Crippen MR) is 107 cm³/mol. The van der Waals surface area contributed by atoms with Crippen molar-refractivity contribution >= 4 is 5.96 Å². The van der Waals surface area contributed by atoms with Crippen LogP contribution in [0, 0.1) is 5.92 Å². The Kier molecular flexibility index (Phi) is 6.94. The zero-order valence-corrected chi connectivity index (χ0v) is 16.7. The van der Waals surface area contributed by atoms with Crippen LogP contribution in [0.25, 0.3) is 0 Å². The van der Waals surface area contributed by atoms with Gasteiger partial charge in [-0.25, -0.2) is 4.98 Å². The molecular weight excluding hydrogens is 324 g/mol. The van der Waals surface area contributed by atoms with Crippen LogP contribution in [0.4, 0.5) is 0 Å². The molecule has 0 bridgehead atoms. The zero-order chi connectivity index (χ0) is 18.4. The van der Waals surface area contributed by atoms with E-state index >= 15 is 0 Å². The molecule has 146 valence electrons. The van der Waals surface area contributed by atoms with Crippen LogP contribution in [-0.2, 0) is 13.1 Å². The second kappa shape index (κ2) is 9.40. The van der Waals surface area contributed by atoms with Crippen LogP contribution < -0.4 is 10.6 Å². The van der Waals surface area contributed by atoms with Crippen LogP contribution >= 0.6 is 0 Å². The third-order valence-corrected chi connectivity index (χ3v) is 5.71. The van der Waals surface area contributed by atoms with E-state index in [-0.39, 0.29) is 0 Å². The molecule has 1 saturated heterocycles. The standard InChI is InChI=1S/C20H36N6/c1-16(2)15-26-13-10-22-19(26)14-23-20(21-3)24-17-8-11-25(12-9-17)18-6-4-5-7-18/h10,13,16-18H,4-9,11-12,14-15H2,1-3H3,(H2,21,23,24). The SMILES string of the molecule is CN=C(NCc1nccn1CC(C)C)NC1CCN(C2CCCC2)CC1. The summed E-state index contributed by atoms with van der Waals surface area (Å²) in [6.07, 6.45) is 12.0. The Balaban J connectivity index is 1.43. The molecule has 2 heterocycles. The molecule has 1 aliphatic carbocycles. The molecule has 3 rings (SSSR count). The van der Waals surface area contributed by atoms with Crippen molar-refractivity contribution < 1.29 is 0 Å². The lowest BCUT2D eigenvalue weighted by molar-refractivity contribution is 0.150. The van der Waals surface area contributed by atoms with Gasteiger partial charge < -0.3 is 20.1 Å². The minimum Gasteiger partial charge on any atom is -0.354 e. The van der Waals surface area contributed by atoms with E-state index in [1.54, 1.807) is 0 Å². The van der Waals surface area contributed by atoms with Gasteiger partial charge in [-0.05, 0) is 31.6 Å². The van der Waals surface area contributed by atoms with Crippen LogP contribution in [0.3, 0.4) is 0 Å². The fourth-order valence-electron chi connectivity index (χ4n) is 4.30. The third-order valence-electron chi connectivity index (χ3n) is 5.71. The number of hydrogen-bond acceptors (Lipinski definition) is 3. The van der Waals surface area contributed by atoms with Crippen LogP contribution in [0.5, 0.6) is 0 Å². The molecule has 2 fully saturated rings. The molecule has 1 saturated carbocycles. The second-order valence-corrected chi connectivity index (χ2v) is 8.21. The third kappa shape index (κ3) is 5.22. The van der Waals surface area contributed by atoms with E-state index in [9.17, 15) is 0 Å².